The zero-order valence-corrected chi connectivity index (χ0v) is 11.1. The summed E-state index contributed by atoms with van der Waals surface area (Å²) in [7, 11) is 1.75. The first-order valence-corrected chi connectivity index (χ1v) is 6.09. The van der Waals surface area contributed by atoms with Crippen molar-refractivity contribution in [2.75, 3.05) is 18.9 Å². The van der Waals surface area contributed by atoms with Crippen molar-refractivity contribution < 1.29 is 9.32 Å². The molecule has 6 nitrogen and oxygen atoms in total. The molecule has 0 aliphatic rings. The molecule has 1 heterocycles. The van der Waals surface area contributed by atoms with Gasteiger partial charge in [0.1, 0.15) is 0 Å². The van der Waals surface area contributed by atoms with Crippen LogP contribution in [0.4, 0.5) is 5.69 Å². The number of nitrogens with one attached hydrogen (secondary N) is 2. The summed E-state index contributed by atoms with van der Waals surface area (Å²) in [5.74, 6) is 0.284. The molecule has 0 saturated carbocycles. The molecular weight excluding hydrogens is 268 g/mol. The molecule has 0 aliphatic carbocycles. The quantitative estimate of drug-likeness (QED) is 0.872. The van der Waals surface area contributed by atoms with Gasteiger partial charge in [-0.2, -0.15) is 4.98 Å². The summed E-state index contributed by atoms with van der Waals surface area (Å²) >= 11 is 5.89. The number of anilines is 1. The van der Waals surface area contributed by atoms with E-state index in [1.807, 2.05) is 0 Å². The minimum atomic E-state index is -0.202. The predicted octanol–water partition coefficient (Wildman–Crippen LogP) is 1.74. The molecule has 0 radical (unpaired) electrons. The van der Waals surface area contributed by atoms with Crippen molar-refractivity contribution in [1.29, 1.82) is 0 Å². The molecule has 0 unspecified atom stereocenters. The lowest BCUT2D eigenvalue weighted by molar-refractivity contribution is 0.0954. The topological polar surface area (TPSA) is 80.0 Å². The van der Waals surface area contributed by atoms with Gasteiger partial charge in [-0.1, -0.05) is 16.8 Å². The van der Waals surface area contributed by atoms with Gasteiger partial charge >= 0.3 is 0 Å². The Morgan fingerprint density at radius 3 is 3.00 bits per heavy atom. The van der Waals surface area contributed by atoms with Gasteiger partial charge in [0.05, 0.1) is 5.56 Å². The van der Waals surface area contributed by atoms with Gasteiger partial charge in [0.25, 0.3) is 5.91 Å². The molecule has 0 spiro atoms. The SMILES string of the molecule is CNc1ccc(Cl)cc1C(=O)NCCc1ncno1. The third kappa shape index (κ3) is 3.45. The third-order valence-corrected chi connectivity index (χ3v) is 2.76. The number of amides is 1. The summed E-state index contributed by atoms with van der Waals surface area (Å²) in [5.41, 5.74) is 1.22. The molecule has 19 heavy (non-hydrogen) atoms. The van der Waals surface area contributed by atoms with E-state index >= 15 is 0 Å². The van der Waals surface area contributed by atoms with Gasteiger partial charge in [0.15, 0.2) is 6.33 Å². The van der Waals surface area contributed by atoms with E-state index < -0.39 is 0 Å². The van der Waals surface area contributed by atoms with Crippen LogP contribution in [-0.4, -0.2) is 29.6 Å². The van der Waals surface area contributed by atoms with Crippen molar-refractivity contribution in [3.8, 4) is 0 Å². The predicted molar refractivity (Wildman–Crippen MR) is 71.3 cm³/mol. The summed E-state index contributed by atoms with van der Waals surface area (Å²) in [5, 5.41) is 9.73. The molecule has 100 valence electrons. The number of carbonyl (C=O) groups is 1. The van der Waals surface area contributed by atoms with Crippen molar-refractivity contribution in [1.82, 2.24) is 15.5 Å². The average Bonchev–Trinajstić information content (AvgIpc) is 2.91. The Balaban J connectivity index is 1.97. The average molecular weight is 281 g/mol. The number of benzene rings is 1. The van der Waals surface area contributed by atoms with Gasteiger partial charge in [-0.3, -0.25) is 4.79 Å². The number of aromatic nitrogens is 2. The van der Waals surface area contributed by atoms with Crippen LogP contribution in [0.1, 0.15) is 16.2 Å². The molecule has 2 N–H and O–H groups in total. The minimum absolute atomic E-state index is 0.202. The van der Waals surface area contributed by atoms with E-state index in [-0.39, 0.29) is 5.91 Å². The van der Waals surface area contributed by atoms with Crippen LogP contribution in [0.3, 0.4) is 0 Å². The zero-order chi connectivity index (χ0) is 13.7. The second kappa shape index (κ2) is 6.19. The van der Waals surface area contributed by atoms with E-state index in [1.165, 1.54) is 6.33 Å². The summed E-state index contributed by atoms with van der Waals surface area (Å²) < 4.78 is 4.84. The molecule has 0 atom stereocenters. The van der Waals surface area contributed by atoms with Gasteiger partial charge < -0.3 is 15.2 Å². The number of nitrogens with zero attached hydrogens (tertiary/aromatic N) is 2. The Hall–Kier alpha value is -2.08. The number of hydrogen-bond acceptors (Lipinski definition) is 5. The number of carbonyl (C=O) groups excluding carboxylic acids is 1. The first-order chi connectivity index (χ1) is 9.20. The maximum Gasteiger partial charge on any atom is 0.253 e. The van der Waals surface area contributed by atoms with Crippen LogP contribution in [0.5, 0.6) is 0 Å². The third-order valence-electron chi connectivity index (χ3n) is 2.53. The Labute approximate surface area is 115 Å². The summed E-state index contributed by atoms with van der Waals surface area (Å²) in [6.45, 7) is 0.413. The van der Waals surface area contributed by atoms with Gasteiger partial charge in [-0.25, -0.2) is 0 Å². The Kier molecular flexibility index (Phi) is 4.35. The summed E-state index contributed by atoms with van der Waals surface area (Å²) in [4.78, 5) is 15.9. The van der Waals surface area contributed by atoms with E-state index in [9.17, 15) is 4.79 Å². The van der Waals surface area contributed by atoms with Gasteiger partial charge in [-0.15, -0.1) is 0 Å². The lowest BCUT2D eigenvalue weighted by atomic mass is 10.1. The Bertz CT molecular complexity index is 557. The van der Waals surface area contributed by atoms with Crippen LogP contribution >= 0.6 is 11.6 Å². The highest BCUT2D eigenvalue weighted by molar-refractivity contribution is 6.31. The lowest BCUT2D eigenvalue weighted by Crippen LogP contribution is -2.26. The molecule has 2 aromatic rings. The number of hydrogen-bond donors (Lipinski definition) is 2. The highest BCUT2D eigenvalue weighted by Crippen LogP contribution is 2.20. The van der Waals surface area contributed by atoms with Crippen molar-refractivity contribution in [3.63, 3.8) is 0 Å². The molecule has 2 rings (SSSR count). The second-order valence-electron chi connectivity index (χ2n) is 3.78. The molecule has 0 bridgehead atoms. The maximum atomic E-state index is 12.0. The molecule has 0 saturated heterocycles. The van der Waals surface area contributed by atoms with E-state index in [4.69, 9.17) is 16.1 Å². The van der Waals surface area contributed by atoms with Gasteiger partial charge in [0, 0.05) is 30.7 Å². The normalized spacial score (nSPS) is 10.2. The van der Waals surface area contributed by atoms with Crippen LogP contribution in [0.2, 0.25) is 5.02 Å². The van der Waals surface area contributed by atoms with Gasteiger partial charge in [-0.05, 0) is 18.2 Å². The van der Waals surface area contributed by atoms with Crippen molar-refractivity contribution >= 4 is 23.2 Å². The number of rotatable bonds is 5. The van der Waals surface area contributed by atoms with E-state index in [0.29, 0.717) is 29.4 Å². The fourth-order valence-electron chi connectivity index (χ4n) is 1.61. The molecule has 1 aromatic heterocycles. The summed E-state index contributed by atoms with van der Waals surface area (Å²) in [6.07, 6.45) is 1.81. The van der Waals surface area contributed by atoms with Crippen molar-refractivity contribution in [2.24, 2.45) is 0 Å². The van der Waals surface area contributed by atoms with Crippen LogP contribution in [0, 0.1) is 0 Å². The fraction of sp³-hybridized carbons (Fsp3) is 0.250. The second-order valence-corrected chi connectivity index (χ2v) is 4.22. The highest BCUT2D eigenvalue weighted by Gasteiger charge is 2.11. The van der Waals surface area contributed by atoms with Crippen LogP contribution in [-0.2, 0) is 6.42 Å². The smallest absolute Gasteiger partial charge is 0.253 e. The Morgan fingerprint density at radius 1 is 1.47 bits per heavy atom. The van der Waals surface area contributed by atoms with E-state index in [2.05, 4.69) is 20.8 Å². The molecule has 1 amide bonds. The molecule has 7 heteroatoms. The number of halogens is 1. The van der Waals surface area contributed by atoms with Crippen molar-refractivity contribution in [3.05, 3.63) is 41.0 Å². The monoisotopic (exact) mass is 280 g/mol. The molecule has 0 fully saturated rings. The summed E-state index contributed by atoms with van der Waals surface area (Å²) in [6, 6.07) is 5.10. The van der Waals surface area contributed by atoms with E-state index in [1.54, 1.807) is 25.2 Å². The fourth-order valence-corrected chi connectivity index (χ4v) is 1.78. The molecule has 1 aromatic carbocycles. The van der Waals surface area contributed by atoms with Crippen molar-refractivity contribution in [2.45, 2.75) is 6.42 Å². The first-order valence-electron chi connectivity index (χ1n) is 5.71. The highest BCUT2D eigenvalue weighted by atomic mass is 35.5. The first kappa shape index (κ1) is 13.4. The Morgan fingerprint density at radius 2 is 2.32 bits per heavy atom. The lowest BCUT2D eigenvalue weighted by Gasteiger charge is -2.09. The minimum Gasteiger partial charge on any atom is -0.387 e. The zero-order valence-electron chi connectivity index (χ0n) is 10.3. The standard InChI is InChI=1S/C12H13ClN4O2/c1-14-10-3-2-8(13)6-9(10)12(18)15-5-4-11-16-7-17-19-11/h2-3,6-7,14H,4-5H2,1H3,(H,15,18). The largest absolute Gasteiger partial charge is 0.387 e. The van der Waals surface area contributed by atoms with Crippen LogP contribution in [0.15, 0.2) is 29.0 Å². The molecule has 0 aliphatic heterocycles. The van der Waals surface area contributed by atoms with Crippen LogP contribution < -0.4 is 10.6 Å². The van der Waals surface area contributed by atoms with Crippen LogP contribution in [0.25, 0.3) is 0 Å². The van der Waals surface area contributed by atoms with Gasteiger partial charge in [0.2, 0.25) is 5.89 Å². The van der Waals surface area contributed by atoms with E-state index in [0.717, 1.165) is 5.69 Å². The maximum absolute atomic E-state index is 12.0. The molecular formula is C12H13ClN4O2.